The average Bonchev–Trinajstić information content (AvgIpc) is 3.03. The number of esters is 1. The molecule has 25 heavy (non-hydrogen) atoms. The van der Waals surface area contributed by atoms with Gasteiger partial charge in [-0.15, -0.1) is 0 Å². The fraction of sp³-hybridized carbons (Fsp3) is 0.474. The zero-order chi connectivity index (χ0) is 17.8. The Morgan fingerprint density at radius 1 is 1.32 bits per heavy atom. The molecule has 2 N–H and O–H groups in total. The van der Waals surface area contributed by atoms with Crippen molar-refractivity contribution in [2.24, 2.45) is 0 Å². The Labute approximate surface area is 148 Å². The van der Waals surface area contributed by atoms with Crippen LogP contribution in [0.3, 0.4) is 0 Å². The van der Waals surface area contributed by atoms with E-state index in [4.69, 9.17) is 4.74 Å². The van der Waals surface area contributed by atoms with Gasteiger partial charge in [0.15, 0.2) is 0 Å². The summed E-state index contributed by atoms with van der Waals surface area (Å²) in [6.45, 7) is 5.38. The molecule has 134 valence electrons. The minimum atomic E-state index is -0.368. The van der Waals surface area contributed by atoms with Crippen molar-refractivity contribution < 1.29 is 14.3 Å². The molecule has 0 aromatic heterocycles. The summed E-state index contributed by atoms with van der Waals surface area (Å²) >= 11 is 0. The second kappa shape index (κ2) is 7.70. The number of likely N-dealkylation sites (tertiary alicyclic amines) is 1. The van der Waals surface area contributed by atoms with Crippen LogP contribution in [-0.2, 0) is 9.53 Å². The lowest BCUT2D eigenvalue weighted by Crippen LogP contribution is -2.51. The molecule has 0 spiro atoms. The molecule has 0 radical (unpaired) electrons. The number of hydrogen-bond donors (Lipinski definition) is 2. The third-order valence-corrected chi connectivity index (χ3v) is 4.77. The normalized spacial score (nSPS) is 24.0. The fourth-order valence-electron chi connectivity index (χ4n) is 3.68. The number of nitrogens with one attached hydrogen (secondary N) is 2. The molecule has 2 amide bonds. The van der Waals surface area contributed by atoms with E-state index in [9.17, 15) is 9.59 Å². The van der Waals surface area contributed by atoms with Gasteiger partial charge in [-0.3, -0.25) is 4.90 Å². The van der Waals surface area contributed by atoms with E-state index in [-0.39, 0.29) is 18.0 Å². The van der Waals surface area contributed by atoms with E-state index in [0.717, 1.165) is 19.4 Å². The molecule has 6 heteroatoms. The number of urea groups is 1. The Morgan fingerprint density at radius 2 is 2.08 bits per heavy atom. The summed E-state index contributed by atoms with van der Waals surface area (Å²) in [7, 11) is 0. The van der Waals surface area contributed by atoms with Gasteiger partial charge in [0.25, 0.3) is 0 Å². The summed E-state index contributed by atoms with van der Waals surface area (Å²) in [5.41, 5.74) is 2.43. The fourth-order valence-corrected chi connectivity index (χ4v) is 3.68. The lowest BCUT2D eigenvalue weighted by Gasteiger charge is -2.31. The Balaban J connectivity index is 1.85. The molecule has 6 nitrogen and oxygen atoms in total. The predicted octanol–water partition coefficient (Wildman–Crippen LogP) is 2.34. The average molecular weight is 343 g/mol. The van der Waals surface area contributed by atoms with Crippen molar-refractivity contribution in [1.82, 2.24) is 15.5 Å². The molecule has 1 saturated heterocycles. The maximum Gasteiger partial charge on any atom is 0.337 e. The Morgan fingerprint density at radius 3 is 2.80 bits per heavy atom. The number of carbonyl (C=O) groups excluding carboxylic acids is 2. The van der Waals surface area contributed by atoms with Crippen molar-refractivity contribution >= 4 is 12.0 Å². The first-order chi connectivity index (χ1) is 12.1. The summed E-state index contributed by atoms with van der Waals surface area (Å²) in [6.07, 6.45) is 2.18. The molecule has 2 atom stereocenters. The maximum absolute atomic E-state index is 12.4. The largest absolute Gasteiger partial charge is 0.463 e. The molecule has 1 fully saturated rings. The lowest BCUT2D eigenvalue weighted by atomic mass is 10.0. The zero-order valence-corrected chi connectivity index (χ0v) is 14.7. The van der Waals surface area contributed by atoms with E-state index in [2.05, 4.69) is 27.7 Å². The highest BCUT2D eigenvalue weighted by Gasteiger charge is 2.33. The van der Waals surface area contributed by atoms with Crippen molar-refractivity contribution in [3.8, 4) is 0 Å². The molecule has 1 aromatic rings. The molecule has 0 unspecified atom stereocenters. The molecule has 0 bridgehead atoms. The first-order valence-electron chi connectivity index (χ1n) is 8.86. The summed E-state index contributed by atoms with van der Waals surface area (Å²) in [5, 5.41) is 5.56. The molecular formula is C19H25N3O3. The van der Waals surface area contributed by atoms with E-state index >= 15 is 0 Å². The number of amides is 2. The van der Waals surface area contributed by atoms with E-state index < -0.39 is 0 Å². The monoisotopic (exact) mass is 343 g/mol. The molecular weight excluding hydrogens is 318 g/mol. The summed E-state index contributed by atoms with van der Waals surface area (Å²) in [5.74, 6) is -0.368. The Hall–Kier alpha value is -2.34. The van der Waals surface area contributed by atoms with Crippen LogP contribution < -0.4 is 10.6 Å². The Kier molecular flexibility index (Phi) is 5.38. The molecule has 0 aliphatic carbocycles. The van der Waals surface area contributed by atoms with Crippen LogP contribution in [0.2, 0.25) is 0 Å². The topological polar surface area (TPSA) is 70.7 Å². The highest BCUT2D eigenvalue weighted by Crippen LogP contribution is 2.32. The van der Waals surface area contributed by atoms with Crippen LogP contribution in [0.1, 0.15) is 38.3 Å². The van der Waals surface area contributed by atoms with E-state index in [1.165, 1.54) is 5.56 Å². The van der Waals surface area contributed by atoms with Gasteiger partial charge in [-0.25, -0.2) is 9.59 Å². The number of benzene rings is 1. The van der Waals surface area contributed by atoms with Gasteiger partial charge in [-0.1, -0.05) is 30.3 Å². The second-order valence-electron chi connectivity index (χ2n) is 6.47. The van der Waals surface area contributed by atoms with Crippen molar-refractivity contribution in [1.29, 1.82) is 0 Å². The van der Waals surface area contributed by atoms with Gasteiger partial charge in [-0.05, 0) is 38.8 Å². The number of nitrogens with zero attached hydrogens (tertiary/aromatic N) is 1. The van der Waals surface area contributed by atoms with Crippen LogP contribution in [0.25, 0.3) is 0 Å². The van der Waals surface area contributed by atoms with Crippen molar-refractivity contribution in [3.63, 3.8) is 0 Å². The third-order valence-electron chi connectivity index (χ3n) is 4.77. The molecule has 2 aliphatic rings. The van der Waals surface area contributed by atoms with Gasteiger partial charge in [0.1, 0.15) is 0 Å². The van der Waals surface area contributed by atoms with Crippen LogP contribution in [0.15, 0.2) is 41.6 Å². The molecule has 1 aromatic carbocycles. The van der Waals surface area contributed by atoms with Gasteiger partial charge in [-0.2, -0.15) is 0 Å². The van der Waals surface area contributed by atoms with Crippen LogP contribution >= 0.6 is 0 Å². The van der Waals surface area contributed by atoms with Crippen LogP contribution in [0, 0.1) is 0 Å². The van der Waals surface area contributed by atoms with E-state index in [1.54, 1.807) is 6.92 Å². The molecule has 2 aliphatic heterocycles. The summed E-state index contributed by atoms with van der Waals surface area (Å²) < 4.78 is 5.19. The predicted molar refractivity (Wildman–Crippen MR) is 94.8 cm³/mol. The van der Waals surface area contributed by atoms with Gasteiger partial charge < -0.3 is 15.4 Å². The molecule has 3 rings (SSSR count). The number of ether oxygens (including phenoxy) is 1. The second-order valence-corrected chi connectivity index (χ2v) is 6.47. The minimum absolute atomic E-state index is 0.272. The van der Waals surface area contributed by atoms with Gasteiger partial charge in [0, 0.05) is 18.3 Å². The van der Waals surface area contributed by atoms with E-state index in [0.29, 0.717) is 30.5 Å². The first-order valence-corrected chi connectivity index (χ1v) is 8.86. The first kappa shape index (κ1) is 17.5. The van der Waals surface area contributed by atoms with Crippen LogP contribution in [-0.4, -0.2) is 42.6 Å². The number of hydrogen-bond acceptors (Lipinski definition) is 4. The number of carbonyl (C=O) groups is 2. The highest BCUT2D eigenvalue weighted by atomic mass is 16.5. The zero-order valence-electron chi connectivity index (χ0n) is 14.7. The van der Waals surface area contributed by atoms with Crippen molar-refractivity contribution in [2.45, 2.75) is 38.8 Å². The van der Waals surface area contributed by atoms with Crippen LogP contribution in [0.4, 0.5) is 4.79 Å². The van der Waals surface area contributed by atoms with Crippen molar-refractivity contribution in [2.75, 3.05) is 19.7 Å². The van der Waals surface area contributed by atoms with Gasteiger partial charge >= 0.3 is 12.0 Å². The minimum Gasteiger partial charge on any atom is -0.463 e. The number of rotatable bonds is 5. The lowest BCUT2D eigenvalue weighted by molar-refractivity contribution is -0.139. The Bertz CT molecular complexity index is 672. The smallest absolute Gasteiger partial charge is 0.337 e. The van der Waals surface area contributed by atoms with Crippen molar-refractivity contribution in [3.05, 3.63) is 47.2 Å². The quantitative estimate of drug-likeness (QED) is 0.805. The molecule has 2 heterocycles. The molecule has 0 saturated carbocycles. The summed E-state index contributed by atoms with van der Waals surface area (Å²) in [4.78, 5) is 26.6. The third kappa shape index (κ3) is 3.85. The standard InChI is InChI=1S/C19H25N3O3/c1-3-25-18(23)17-13(2)20-19(24)21-15(17)12-22-11-7-10-16(22)14-8-5-4-6-9-14/h4-6,8-9,13,16H,3,7,10-12H2,1-2H3,(H2,20,21,24)/t13-,16-/m1/s1. The highest BCUT2D eigenvalue weighted by molar-refractivity contribution is 5.94. The van der Waals surface area contributed by atoms with Gasteiger partial charge in [0.2, 0.25) is 0 Å². The van der Waals surface area contributed by atoms with E-state index in [1.807, 2.05) is 25.1 Å². The summed E-state index contributed by atoms with van der Waals surface area (Å²) in [6, 6.07) is 10.0. The SMILES string of the molecule is CCOC(=O)C1=C(CN2CCC[C@@H]2c2ccccc2)NC(=O)N[C@@H]1C. The van der Waals surface area contributed by atoms with Gasteiger partial charge in [0.05, 0.1) is 18.2 Å². The van der Waals surface area contributed by atoms with Crippen LogP contribution in [0.5, 0.6) is 0 Å². The maximum atomic E-state index is 12.4.